The predicted octanol–water partition coefficient (Wildman–Crippen LogP) is 3.29. The van der Waals surface area contributed by atoms with Crippen molar-refractivity contribution in [2.75, 3.05) is 31.6 Å². The van der Waals surface area contributed by atoms with E-state index in [1.165, 1.54) is 12.8 Å². The number of anilines is 1. The van der Waals surface area contributed by atoms with Gasteiger partial charge in [0.1, 0.15) is 0 Å². The molecule has 1 aromatic rings. The number of hydrogen-bond donors (Lipinski definition) is 5. The van der Waals surface area contributed by atoms with Crippen LogP contribution in [0.4, 0.5) is 5.69 Å². The number of aliphatic hydroxyl groups excluding tert-OH is 1. The molecule has 1 aliphatic heterocycles. The third kappa shape index (κ3) is 8.95. The van der Waals surface area contributed by atoms with E-state index in [2.05, 4.69) is 19.2 Å². The number of carbonyl (C=O) groups is 4. The average molecular weight is 691 g/mol. The molecule has 0 aromatic heterocycles. The second-order valence-electron chi connectivity index (χ2n) is 14.6. The van der Waals surface area contributed by atoms with Crippen molar-refractivity contribution in [3.63, 3.8) is 0 Å². The highest BCUT2D eigenvalue weighted by atomic mass is 35.5. The number of piperazine rings is 1. The zero-order valence-corrected chi connectivity index (χ0v) is 29.1. The number of carboxylic acids is 2. The highest BCUT2D eigenvalue weighted by molar-refractivity contribution is 6.33. The molecule has 4 aliphatic carbocycles. The van der Waals surface area contributed by atoms with E-state index < -0.39 is 24.1 Å². The lowest BCUT2D eigenvalue weighted by molar-refractivity contribution is -0.162. The van der Waals surface area contributed by atoms with Crippen molar-refractivity contribution in [2.45, 2.75) is 95.0 Å². The Morgan fingerprint density at radius 2 is 1.71 bits per heavy atom. The number of amides is 2. The summed E-state index contributed by atoms with van der Waals surface area (Å²) in [6.07, 6.45) is 6.80. The van der Waals surface area contributed by atoms with Crippen molar-refractivity contribution >= 4 is 41.0 Å². The zero-order chi connectivity index (χ0) is 35.4. The van der Waals surface area contributed by atoms with Gasteiger partial charge in [0, 0.05) is 55.9 Å². The van der Waals surface area contributed by atoms with Gasteiger partial charge in [-0.2, -0.15) is 0 Å². The van der Waals surface area contributed by atoms with Crippen LogP contribution in [0.2, 0.25) is 5.02 Å². The Balaban J connectivity index is 0.000000579. The van der Waals surface area contributed by atoms with E-state index in [9.17, 15) is 24.3 Å². The molecule has 5 aliphatic rings. The summed E-state index contributed by atoms with van der Waals surface area (Å²) in [5.74, 6) is -1.17. The molecule has 2 amide bonds. The summed E-state index contributed by atoms with van der Waals surface area (Å²) in [6, 6.07) is 6.99. The average Bonchev–Trinajstić information content (AvgIpc) is 3.02. The van der Waals surface area contributed by atoms with Gasteiger partial charge in [-0.1, -0.05) is 30.7 Å². The molecule has 5 fully saturated rings. The lowest BCUT2D eigenvalue weighted by atomic mass is 9.52. The number of carbonyl (C=O) groups excluding carboxylic acids is 2. The van der Waals surface area contributed by atoms with Gasteiger partial charge < -0.3 is 36.0 Å². The molecule has 0 spiro atoms. The molecule has 6 rings (SSSR count). The quantitative estimate of drug-likeness (QED) is 0.204. The van der Waals surface area contributed by atoms with E-state index >= 15 is 0 Å². The highest BCUT2D eigenvalue weighted by Crippen LogP contribution is 2.57. The molecule has 1 heterocycles. The third-order valence-electron chi connectivity index (χ3n) is 10.8. The Hall–Kier alpha value is -3.03. The fraction of sp³-hybridized carbons (Fsp3) is 0.657. The molecule has 5 atom stereocenters. The first-order valence-corrected chi connectivity index (χ1v) is 17.2. The summed E-state index contributed by atoms with van der Waals surface area (Å²) in [7, 11) is 1.84. The zero-order valence-electron chi connectivity index (χ0n) is 28.3. The predicted molar refractivity (Wildman–Crippen MR) is 181 cm³/mol. The molecular weight excluding hydrogens is 640 g/mol. The number of aliphatic hydroxyl groups is 1. The molecule has 266 valence electrons. The molecule has 6 N–H and O–H groups in total. The Morgan fingerprint density at radius 3 is 2.25 bits per heavy atom. The normalized spacial score (nSPS) is 29.6. The Kier molecular flexibility index (Phi) is 12.3. The fourth-order valence-corrected chi connectivity index (χ4v) is 8.64. The Morgan fingerprint density at radius 1 is 1.10 bits per heavy atom. The van der Waals surface area contributed by atoms with Gasteiger partial charge in [0.2, 0.25) is 11.8 Å². The summed E-state index contributed by atoms with van der Waals surface area (Å²) in [4.78, 5) is 49.4. The number of halogens is 1. The second-order valence-corrected chi connectivity index (χ2v) is 15.0. The first-order chi connectivity index (χ1) is 22.6. The minimum atomic E-state index is -1.26. The van der Waals surface area contributed by atoms with E-state index in [0.717, 1.165) is 25.2 Å². The molecule has 1 aromatic carbocycles. The summed E-state index contributed by atoms with van der Waals surface area (Å²) >= 11 is 6.38. The molecule has 0 unspecified atom stereocenters. The van der Waals surface area contributed by atoms with E-state index in [1.807, 2.05) is 37.1 Å². The smallest absolute Gasteiger partial charge is 0.328 e. The largest absolute Gasteiger partial charge is 0.478 e. The number of para-hydroxylation sites is 1. The fourth-order valence-electron chi connectivity index (χ4n) is 8.40. The number of carboxylic acid groups (broad SMARTS) is 2. The van der Waals surface area contributed by atoms with E-state index in [4.69, 9.17) is 32.3 Å². The molecule has 1 saturated heterocycles. The Labute approximate surface area is 287 Å². The number of rotatable bonds is 12. The number of nitrogens with zero attached hydrogens (tertiary/aromatic N) is 2. The molecule has 4 saturated carbocycles. The van der Waals surface area contributed by atoms with Gasteiger partial charge >= 0.3 is 11.9 Å². The standard InChI is InChI=1S/C31H47ClN4O4.C4H4O4/c1-5-20(29(39)34-28-21-10-19-11-22(28)15-31(13-19,14-21)40-4)12-26(37)24(33)16-35-17-27(38)36(18-30(35,2)3)25-9-7-6-8-23(25)32;5-3(6)1-2-4(7)8/h6-9,19-22,24,26,28,37H,5,10-18,33H2,1-4H3,(H,34,39);1-2H,(H,5,6)(H,7,8)/b;2-1+/t19?,20-,21+,22+,24+,26+,28?,31?;/m1./s1. The Bertz CT molecular complexity index is 1340. The molecule has 4 bridgehead atoms. The molecule has 13 heteroatoms. The van der Waals surface area contributed by atoms with Crippen molar-refractivity contribution in [3.8, 4) is 0 Å². The van der Waals surface area contributed by atoms with Crippen LogP contribution < -0.4 is 16.0 Å². The summed E-state index contributed by atoms with van der Waals surface area (Å²) in [6.45, 7) is 7.15. The van der Waals surface area contributed by atoms with Gasteiger partial charge in [0.15, 0.2) is 0 Å². The maximum atomic E-state index is 13.4. The van der Waals surface area contributed by atoms with E-state index in [0.29, 0.717) is 60.6 Å². The van der Waals surface area contributed by atoms with Gasteiger partial charge in [-0.3, -0.25) is 14.5 Å². The third-order valence-corrected chi connectivity index (χ3v) is 11.1. The van der Waals surface area contributed by atoms with Crippen molar-refractivity contribution < 1.29 is 39.2 Å². The van der Waals surface area contributed by atoms with Crippen molar-refractivity contribution in [1.29, 1.82) is 0 Å². The van der Waals surface area contributed by atoms with Gasteiger partial charge in [-0.25, -0.2) is 9.59 Å². The summed E-state index contributed by atoms with van der Waals surface area (Å²) < 4.78 is 5.98. The molecule has 0 radical (unpaired) electrons. The highest BCUT2D eigenvalue weighted by Gasteiger charge is 2.56. The number of benzene rings is 1. The number of nitrogens with two attached hydrogens (primary N) is 1. The maximum Gasteiger partial charge on any atom is 0.328 e. The first kappa shape index (κ1) is 37.8. The van der Waals surface area contributed by atoms with Crippen LogP contribution in [-0.4, -0.2) is 100 Å². The van der Waals surface area contributed by atoms with Crippen LogP contribution in [0.1, 0.15) is 65.7 Å². The number of methoxy groups -OCH3 is 1. The van der Waals surface area contributed by atoms with Gasteiger partial charge in [0.05, 0.1) is 29.0 Å². The maximum absolute atomic E-state index is 13.4. The van der Waals surface area contributed by atoms with E-state index in [1.54, 1.807) is 11.0 Å². The van der Waals surface area contributed by atoms with Crippen LogP contribution in [0.5, 0.6) is 0 Å². The van der Waals surface area contributed by atoms with Crippen molar-refractivity contribution in [1.82, 2.24) is 10.2 Å². The lowest BCUT2D eigenvalue weighted by Crippen LogP contribution is -2.64. The summed E-state index contributed by atoms with van der Waals surface area (Å²) in [5, 5.41) is 30.7. The van der Waals surface area contributed by atoms with Crippen LogP contribution >= 0.6 is 11.6 Å². The van der Waals surface area contributed by atoms with Crippen LogP contribution in [0.15, 0.2) is 36.4 Å². The van der Waals surface area contributed by atoms with Gasteiger partial charge in [-0.05, 0) is 88.7 Å². The SMILES string of the molecule is CC[C@H](C[C@H](O)[C@@H](N)CN1CC(=O)N(c2ccccc2Cl)CC1(C)C)C(=O)NC1[C@H]2CC3C[C@H]1CC(OC)(C3)C2.O=C(O)/C=C/C(=O)O. The second kappa shape index (κ2) is 15.7. The van der Waals surface area contributed by atoms with E-state index in [-0.39, 0.29) is 41.5 Å². The van der Waals surface area contributed by atoms with Crippen LogP contribution in [0.25, 0.3) is 0 Å². The topological polar surface area (TPSA) is 183 Å². The lowest BCUT2D eigenvalue weighted by Gasteiger charge is -2.59. The number of nitrogens with one attached hydrogen (secondary N) is 1. The van der Waals surface area contributed by atoms with Crippen molar-refractivity contribution in [3.05, 3.63) is 41.4 Å². The number of ether oxygens (including phenoxy) is 1. The number of hydrogen-bond acceptors (Lipinski definition) is 8. The van der Waals surface area contributed by atoms with Crippen molar-refractivity contribution in [2.24, 2.45) is 29.4 Å². The van der Waals surface area contributed by atoms with Gasteiger partial charge in [-0.15, -0.1) is 0 Å². The molecule has 12 nitrogen and oxygen atoms in total. The first-order valence-electron chi connectivity index (χ1n) is 16.8. The van der Waals surface area contributed by atoms with Gasteiger partial charge in [0.25, 0.3) is 0 Å². The summed E-state index contributed by atoms with van der Waals surface area (Å²) in [5.41, 5.74) is 6.86. The van der Waals surface area contributed by atoms with Crippen LogP contribution in [-0.2, 0) is 23.9 Å². The minimum Gasteiger partial charge on any atom is -0.478 e. The molecule has 48 heavy (non-hydrogen) atoms. The monoisotopic (exact) mass is 690 g/mol. The minimum absolute atomic E-state index is 0.0127. The number of aliphatic carboxylic acids is 2. The van der Waals surface area contributed by atoms with Crippen LogP contribution in [0.3, 0.4) is 0 Å². The van der Waals surface area contributed by atoms with Crippen LogP contribution in [0, 0.1) is 23.7 Å². The molecular formula is C35H51ClN4O8.